The molecule has 1 aromatic rings. The molecule has 0 amide bonds. The molecule has 0 fully saturated rings. The van der Waals surface area contributed by atoms with E-state index >= 15 is 0 Å². The third-order valence-corrected chi connectivity index (χ3v) is 2.89. The molecule has 0 spiro atoms. The van der Waals surface area contributed by atoms with Crippen molar-refractivity contribution in [2.75, 3.05) is 0 Å². The van der Waals surface area contributed by atoms with E-state index in [0.717, 1.165) is 5.56 Å². The van der Waals surface area contributed by atoms with Gasteiger partial charge in [-0.3, -0.25) is 4.79 Å². The fourth-order valence-electron chi connectivity index (χ4n) is 1.46. The molecule has 0 heterocycles. The normalized spacial score (nSPS) is 14.3. The lowest BCUT2D eigenvalue weighted by Crippen LogP contribution is -2.19. The van der Waals surface area contributed by atoms with Gasteiger partial charge >= 0.3 is 0 Å². The minimum atomic E-state index is 0.0581. The van der Waals surface area contributed by atoms with Crippen molar-refractivity contribution in [2.45, 2.75) is 20.3 Å². The van der Waals surface area contributed by atoms with Crippen LogP contribution in [0.25, 0.3) is 0 Å². The second-order valence-electron chi connectivity index (χ2n) is 4.01. The summed E-state index contributed by atoms with van der Waals surface area (Å²) in [6, 6.07) is 9.87. The molecule has 0 saturated heterocycles. The van der Waals surface area contributed by atoms with Crippen molar-refractivity contribution < 1.29 is 4.79 Å². The molecule has 0 bridgehead atoms. The van der Waals surface area contributed by atoms with Gasteiger partial charge in [-0.25, -0.2) is 0 Å². The van der Waals surface area contributed by atoms with Gasteiger partial charge in [0.25, 0.3) is 0 Å². The molecule has 15 heavy (non-hydrogen) atoms. The highest BCUT2D eigenvalue weighted by Crippen LogP contribution is 2.15. The van der Waals surface area contributed by atoms with Gasteiger partial charge in [-0.2, -0.15) is 0 Å². The summed E-state index contributed by atoms with van der Waals surface area (Å²) >= 11 is 0. The van der Waals surface area contributed by atoms with Gasteiger partial charge in [0.1, 0.15) is 5.78 Å². The molecule has 0 aromatic heterocycles. The molecule has 0 aliphatic rings. The van der Waals surface area contributed by atoms with E-state index in [-0.39, 0.29) is 17.6 Å². The lowest BCUT2D eigenvalue weighted by atomic mass is 9.89. The zero-order chi connectivity index (χ0) is 11.3. The summed E-state index contributed by atoms with van der Waals surface area (Å²) in [6.45, 7) is 7.72. The summed E-state index contributed by atoms with van der Waals surface area (Å²) in [5.41, 5.74) is 1.09. The van der Waals surface area contributed by atoms with Crippen LogP contribution in [0.5, 0.6) is 0 Å². The maximum atomic E-state index is 11.9. The van der Waals surface area contributed by atoms with Gasteiger partial charge in [0.2, 0.25) is 0 Å². The highest BCUT2D eigenvalue weighted by atomic mass is 16.1. The molecule has 0 saturated carbocycles. The second kappa shape index (κ2) is 5.50. The first-order valence-electron chi connectivity index (χ1n) is 5.34. The number of hydrogen-bond donors (Lipinski definition) is 0. The molecule has 2 atom stereocenters. The highest BCUT2D eigenvalue weighted by Gasteiger charge is 2.17. The van der Waals surface area contributed by atoms with Crippen LogP contribution in [0, 0.1) is 11.8 Å². The number of hydrogen-bond acceptors (Lipinski definition) is 1. The average Bonchev–Trinajstić information content (AvgIpc) is 2.28. The number of carbonyl (C=O) groups is 1. The Morgan fingerprint density at radius 1 is 1.33 bits per heavy atom. The molecular formula is C14H18O. The van der Waals surface area contributed by atoms with Crippen LogP contribution in [0.3, 0.4) is 0 Å². The number of benzene rings is 1. The maximum Gasteiger partial charge on any atom is 0.140 e. The molecule has 0 aliphatic heterocycles. The van der Waals surface area contributed by atoms with Crippen LogP contribution in [0.4, 0.5) is 0 Å². The standard InChI is InChI=1S/C14H18O/c1-4-11(2)12(3)14(15)10-13-8-6-5-7-9-13/h4-9,11-12H,1,10H2,2-3H3. The van der Waals surface area contributed by atoms with E-state index in [1.807, 2.05) is 50.3 Å². The Bertz CT molecular complexity index is 326. The zero-order valence-corrected chi connectivity index (χ0v) is 9.44. The van der Waals surface area contributed by atoms with E-state index in [0.29, 0.717) is 6.42 Å². The van der Waals surface area contributed by atoms with Crippen LogP contribution in [-0.2, 0) is 11.2 Å². The quantitative estimate of drug-likeness (QED) is 0.670. The lowest BCUT2D eigenvalue weighted by molar-refractivity contribution is -0.122. The van der Waals surface area contributed by atoms with Crippen molar-refractivity contribution in [2.24, 2.45) is 11.8 Å². The average molecular weight is 202 g/mol. The van der Waals surface area contributed by atoms with E-state index in [1.54, 1.807) is 0 Å². The molecule has 0 N–H and O–H groups in total. The number of carbonyl (C=O) groups excluding carboxylic acids is 1. The summed E-state index contributed by atoms with van der Waals surface area (Å²) in [6.07, 6.45) is 2.37. The first-order chi connectivity index (χ1) is 7.15. The maximum absolute atomic E-state index is 11.9. The van der Waals surface area contributed by atoms with Crippen molar-refractivity contribution in [3.63, 3.8) is 0 Å². The number of rotatable bonds is 5. The molecule has 2 unspecified atom stereocenters. The number of ketones is 1. The third-order valence-electron chi connectivity index (χ3n) is 2.89. The van der Waals surface area contributed by atoms with Crippen molar-refractivity contribution in [1.82, 2.24) is 0 Å². The SMILES string of the molecule is C=CC(C)C(C)C(=O)Cc1ccccc1. The predicted octanol–water partition coefficient (Wildman–Crippen LogP) is 3.26. The molecule has 0 radical (unpaired) electrons. The van der Waals surface area contributed by atoms with Gasteiger partial charge in [0.05, 0.1) is 0 Å². The summed E-state index contributed by atoms with van der Waals surface area (Å²) < 4.78 is 0. The Hall–Kier alpha value is -1.37. The highest BCUT2D eigenvalue weighted by molar-refractivity contribution is 5.83. The number of Topliss-reactive ketones (excluding diaryl/α,β-unsaturated/α-hetero) is 1. The van der Waals surface area contributed by atoms with Crippen LogP contribution in [-0.4, -0.2) is 5.78 Å². The first-order valence-corrected chi connectivity index (χ1v) is 5.34. The van der Waals surface area contributed by atoms with Gasteiger partial charge in [0.15, 0.2) is 0 Å². The van der Waals surface area contributed by atoms with E-state index < -0.39 is 0 Å². The van der Waals surface area contributed by atoms with E-state index in [4.69, 9.17) is 0 Å². The Morgan fingerprint density at radius 2 is 1.93 bits per heavy atom. The molecule has 80 valence electrons. The van der Waals surface area contributed by atoms with Crippen LogP contribution >= 0.6 is 0 Å². The van der Waals surface area contributed by atoms with Crippen molar-refractivity contribution >= 4 is 5.78 Å². The topological polar surface area (TPSA) is 17.1 Å². The Kier molecular flexibility index (Phi) is 4.29. The molecule has 0 aliphatic carbocycles. The van der Waals surface area contributed by atoms with Crippen LogP contribution in [0.15, 0.2) is 43.0 Å². The minimum absolute atomic E-state index is 0.0581. The molecule has 1 aromatic carbocycles. The summed E-state index contributed by atoms with van der Waals surface area (Å²) in [5.74, 6) is 0.595. The monoisotopic (exact) mass is 202 g/mol. The predicted molar refractivity (Wildman–Crippen MR) is 63.7 cm³/mol. The Balaban J connectivity index is 2.60. The van der Waals surface area contributed by atoms with Crippen molar-refractivity contribution in [3.05, 3.63) is 48.6 Å². The zero-order valence-electron chi connectivity index (χ0n) is 9.44. The van der Waals surface area contributed by atoms with Crippen LogP contribution in [0.1, 0.15) is 19.4 Å². The fraction of sp³-hybridized carbons (Fsp3) is 0.357. The van der Waals surface area contributed by atoms with Gasteiger partial charge in [-0.15, -0.1) is 6.58 Å². The van der Waals surface area contributed by atoms with Crippen LogP contribution in [0.2, 0.25) is 0 Å². The largest absolute Gasteiger partial charge is 0.299 e. The minimum Gasteiger partial charge on any atom is -0.299 e. The van der Waals surface area contributed by atoms with E-state index in [1.165, 1.54) is 0 Å². The summed E-state index contributed by atoms with van der Waals surface area (Å²) in [7, 11) is 0. The van der Waals surface area contributed by atoms with E-state index in [2.05, 4.69) is 6.58 Å². The Labute approximate surface area is 91.8 Å². The smallest absolute Gasteiger partial charge is 0.140 e. The molecule has 1 heteroatoms. The fourth-order valence-corrected chi connectivity index (χ4v) is 1.46. The van der Waals surface area contributed by atoms with Crippen LogP contribution < -0.4 is 0 Å². The first kappa shape index (κ1) is 11.7. The lowest BCUT2D eigenvalue weighted by Gasteiger charge is -2.14. The van der Waals surface area contributed by atoms with Gasteiger partial charge in [-0.05, 0) is 11.5 Å². The molecule has 1 nitrogen and oxygen atoms in total. The van der Waals surface area contributed by atoms with Gasteiger partial charge < -0.3 is 0 Å². The van der Waals surface area contributed by atoms with Gasteiger partial charge in [-0.1, -0.05) is 50.3 Å². The van der Waals surface area contributed by atoms with Gasteiger partial charge in [0, 0.05) is 12.3 Å². The van der Waals surface area contributed by atoms with Crippen molar-refractivity contribution in [1.29, 1.82) is 0 Å². The molecular weight excluding hydrogens is 184 g/mol. The summed E-state index contributed by atoms with van der Waals surface area (Å²) in [5, 5.41) is 0. The number of allylic oxidation sites excluding steroid dienone is 1. The van der Waals surface area contributed by atoms with Crippen molar-refractivity contribution in [3.8, 4) is 0 Å². The second-order valence-corrected chi connectivity index (χ2v) is 4.01. The molecule has 1 rings (SSSR count). The van der Waals surface area contributed by atoms with E-state index in [9.17, 15) is 4.79 Å². The third kappa shape index (κ3) is 3.35. The Morgan fingerprint density at radius 3 is 2.47 bits per heavy atom. The summed E-state index contributed by atoms with van der Waals surface area (Å²) in [4.78, 5) is 11.9.